The Balaban J connectivity index is 1.59. The van der Waals surface area contributed by atoms with Crippen molar-refractivity contribution in [3.63, 3.8) is 0 Å². The molecule has 2 N–H and O–H groups in total. The highest BCUT2D eigenvalue weighted by Gasteiger charge is 2.18. The molecule has 0 saturated heterocycles. The molecule has 2 heterocycles. The van der Waals surface area contributed by atoms with Gasteiger partial charge in [-0.1, -0.05) is 41.7 Å². The second-order valence-corrected chi connectivity index (χ2v) is 9.19. The minimum absolute atomic E-state index is 0.00428. The zero-order chi connectivity index (χ0) is 20.0. The number of hydrogen-bond donors (Lipinski definition) is 2. The Kier molecular flexibility index (Phi) is 4.04. The van der Waals surface area contributed by atoms with Crippen LogP contribution in [0.2, 0.25) is 0 Å². The molecule has 0 aliphatic carbocycles. The molecule has 0 aliphatic rings. The fourth-order valence-electron chi connectivity index (χ4n) is 3.22. The molecule has 0 bridgehead atoms. The predicted octanol–water partition coefficient (Wildman–Crippen LogP) is 4.75. The standard InChI is InChI=1S/C21H15N3O3S2/c25-20-13-14-12-16(29(26,27)23-15-6-2-1-3-7-15)10-11-18(14)24(20)21-22-17-8-4-5-9-19(17)28-21/h1-13,23,25H. The zero-order valence-electron chi connectivity index (χ0n) is 15.0. The van der Waals surface area contributed by atoms with Gasteiger partial charge in [-0.2, -0.15) is 0 Å². The highest BCUT2D eigenvalue weighted by Crippen LogP contribution is 2.34. The van der Waals surface area contributed by atoms with Crippen molar-refractivity contribution in [3.05, 3.63) is 78.9 Å². The van der Waals surface area contributed by atoms with E-state index in [1.54, 1.807) is 47.0 Å². The third-order valence-electron chi connectivity index (χ3n) is 4.56. The van der Waals surface area contributed by atoms with Gasteiger partial charge in [0, 0.05) is 17.1 Å². The van der Waals surface area contributed by atoms with E-state index in [1.165, 1.54) is 17.4 Å². The Hall–Kier alpha value is -3.36. The van der Waals surface area contributed by atoms with Crippen LogP contribution in [0.15, 0.2) is 83.8 Å². The Morgan fingerprint density at radius 2 is 1.69 bits per heavy atom. The van der Waals surface area contributed by atoms with E-state index in [1.807, 2.05) is 30.3 Å². The van der Waals surface area contributed by atoms with Gasteiger partial charge in [0.25, 0.3) is 10.0 Å². The summed E-state index contributed by atoms with van der Waals surface area (Å²) in [5.74, 6) is 0.00428. The fourth-order valence-corrected chi connectivity index (χ4v) is 5.31. The molecule has 0 spiro atoms. The van der Waals surface area contributed by atoms with Crippen LogP contribution in [0.4, 0.5) is 5.69 Å². The summed E-state index contributed by atoms with van der Waals surface area (Å²) in [5, 5.41) is 11.7. The summed E-state index contributed by atoms with van der Waals surface area (Å²) >= 11 is 1.46. The lowest BCUT2D eigenvalue weighted by Gasteiger charge is -2.08. The Morgan fingerprint density at radius 3 is 2.48 bits per heavy atom. The Labute approximate surface area is 170 Å². The van der Waals surface area contributed by atoms with Gasteiger partial charge in [0.2, 0.25) is 0 Å². The van der Waals surface area contributed by atoms with Crippen LogP contribution >= 0.6 is 11.3 Å². The van der Waals surface area contributed by atoms with E-state index in [0.29, 0.717) is 21.7 Å². The summed E-state index contributed by atoms with van der Waals surface area (Å²) < 4.78 is 30.7. The minimum Gasteiger partial charge on any atom is -0.494 e. The molecule has 29 heavy (non-hydrogen) atoms. The number of nitrogens with one attached hydrogen (secondary N) is 1. The van der Waals surface area contributed by atoms with Crippen LogP contribution in [0.25, 0.3) is 26.3 Å². The first kappa shape index (κ1) is 17.7. The van der Waals surface area contributed by atoms with Crippen molar-refractivity contribution >= 4 is 48.2 Å². The third kappa shape index (κ3) is 3.12. The van der Waals surface area contributed by atoms with Gasteiger partial charge in [0.05, 0.1) is 20.6 Å². The molecule has 0 fully saturated rings. The molecule has 0 saturated carbocycles. The SMILES string of the molecule is O=S(=O)(Nc1ccccc1)c1ccc2c(c1)cc(O)n2-c1nc2ccccc2s1. The first-order valence-corrected chi connectivity index (χ1v) is 11.1. The van der Waals surface area contributed by atoms with Gasteiger partial charge >= 0.3 is 0 Å². The number of para-hydroxylation sites is 2. The van der Waals surface area contributed by atoms with Gasteiger partial charge in [-0.15, -0.1) is 0 Å². The molecule has 0 amide bonds. The topological polar surface area (TPSA) is 84.2 Å². The third-order valence-corrected chi connectivity index (χ3v) is 6.96. The first-order chi connectivity index (χ1) is 14.0. The van der Waals surface area contributed by atoms with E-state index in [-0.39, 0.29) is 10.8 Å². The molecule has 0 radical (unpaired) electrons. The van der Waals surface area contributed by atoms with Crippen molar-refractivity contribution < 1.29 is 13.5 Å². The number of aromatic nitrogens is 2. The van der Waals surface area contributed by atoms with E-state index in [0.717, 1.165) is 10.2 Å². The van der Waals surface area contributed by atoms with Crippen LogP contribution < -0.4 is 4.72 Å². The quantitative estimate of drug-likeness (QED) is 0.439. The smallest absolute Gasteiger partial charge is 0.261 e. The number of sulfonamides is 1. The maximum absolute atomic E-state index is 12.7. The van der Waals surface area contributed by atoms with Gasteiger partial charge in [0.15, 0.2) is 11.0 Å². The highest BCUT2D eigenvalue weighted by atomic mass is 32.2. The summed E-state index contributed by atoms with van der Waals surface area (Å²) in [6.45, 7) is 0. The number of aromatic hydroxyl groups is 1. The van der Waals surface area contributed by atoms with Crippen molar-refractivity contribution in [1.29, 1.82) is 0 Å². The largest absolute Gasteiger partial charge is 0.494 e. The van der Waals surface area contributed by atoms with Crippen molar-refractivity contribution in [1.82, 2.24) is 9.55 Å². The summed E-state index contributed by atoms with van der Waals surface area (Å²) in [4.78, 5) is 4.70. The summed E-state index contributed by atoms with van der Waals surface area (Å²) in [6.07, 6.45) is 0. The van der Waals surface area contributed by atoms with Gasteiger partial charge in [-0.3, -0.25) is 9.29 Å². The number of fused-ring (bicyclic) bond motifs is 2. The molecule has 5 rings (SSSR count). The van der Waals surface area contributed by atoms with Gasteiger partial charge in [0.1, 0.15) is 0 Å². The predicted molar refractivity (Wildman–Crippen MR) is 115 cm³/mol. The lowest BCUT2D eigenvalue weighted by atomic mass is 10.2. The van der Waals surface area contributed by atoms with Crippen LogP contribution in [-0.2, 0) is 10.0 Å². The van der Waals surface area contributed by atoms with Crippen molar-refractivity contribution in [2.75, 3.05) is 4.72 Å². The van der Waals surface area contributed by atoms with Gasteiger partial charge < -0.3 is 5.11 Å². The number of hydrogen-bond acceptors (Lipinski definition) is 5. The Morgan fingerprint density at radius 1 is 0.931 bits per heavy atom. The highest BCUT2D eigenvalue weighted by molar-refractivity contribution is 7.92. The number of anilines is 1. The van der Waals surface area contributed by atoms with Crippen LogP contribution in [0.3, 0.4) is 0 Å². The molecule has 0 aliphatic heterocycles. The molecular formula is C21H15N3O3S2. The molecule has 3 aromatic carbocycles. The molecule has 0 unspecified atom stereocenters. The summed E-state index contributed by atoms with van der Waals surface area (Å²) in [7, 11) is -3.75. The van der Waals surface area contributed by atoms with Crippen molar-refractivity contribution in [3.8, 4) is 11.0 Å². The van der Waals surface area contributed by atoms with Crippen LogP contribution in [-0.4, -0.2) is 23.1 Å². The van der Waals surface area contributed by atoms with Gasteiger partial charge in [-0.25, -0.2) is 13.4 Å². The van der Waals surface area contributed by atoms with Crippen molar-refractivity contribution in [2.24, 2.45) is 0 Å². The summed E-state index contributed by atoms with van der Waals surface area (Å²) in [6, 6.07) is 22.7. The molecular weight excluding hydrogens is 406 g/mol. The normalized spacial score (nSPS) is 11.9. The molecule has 6 nitrogen and oxygen atoms in total. The molecule has 0 atom stereocenters. The average Bonchev–Trinajstić information content (AvgIpc) is 3.27. The molecule has 2 aromatic heterocycles. The lowest BCUT2D eigenvalue weighted by molar-refractivity contribution is 0.445. The van der Waals surface area contributed by atoms with E-state index >= 15 is 0 Å². The number of thiazole rings is 1. The van der Waals surface area contributed by atoms with Gasteiger partial charge in [-0.05, 0) is 42.5 Å². The number of nitrogens with zero attached hydrogens (tertiary/aromatic N) is 2. The molecule has 144 valence electrons. The van der Waals surface area contributed by atoms with Crippen LogP contribution in [0, 0.1) is 0 Å². The maximum Gasteiger partial charge on any atom is 0.261 e. The van der Waals surface area contributed by atoms with E-state index in [4.69, 9.17) is 0 Å². The zero-order valence-corrected chi connectivity index (χ0v) is 16.6. The number of benzene rings is 3. The first-order valence-electron chi connectivity index (χ1n) is 8.79. The fraction of sp³-hybridized carbons (Fsp3) is 0. The maximum atomic E-state index is 12.7. The molecule has 8 heteroatoms. The molecule has 5 aromatic rings. The second-order valence-electron chi connectivity index (χ2n) is 6.49. The monoisotopic (exact) mass is 421 g/mol. The Bertz CT molecular complexity index is 1420. The van der Waals surface area contributed by atoms with E-state index < -0.39 is 10.0 Å². The van der Waals surface area contributed by atoms with Crippen LogP contribution in [0.1, 0.15) is 0 Å². The lowest BCUT2D eigenvalue weighted by Crippen LogP contribution is -2.12. The average molecular weight is 422 g/mol. The summed E-state index contributed by atoms with van der Waals surface area (Å²) in [5.41, 5.74) is 2.02. The van der Waals surface area contributed by atoms with E-state index in [9.17, 15) is 13.5 Å². The minimum atomic E-state index is -3.75. The number of rotatable bonds is 4. The van der Waals surface area contributed by atoms with E-state index in [2.05, 4.69) is 9.71 Å². The van der Waals surface area contributed by atoms with Crippen LogP contribution in [0.5, 0.6) is 5.88 Å². The second kappa shape index (κ2) is 6.61. The van der Waals surface area contributed by atoms with Crippen molar-refractivity contribution in [2.45, 2.75) is 4.90 Å².